The fraction of sp³-hybridized carbons (Fsp3) is 0.238. The van der Waals surface area contributed by atoms with Crippen molar-refractivity contribution in [1.82, 2.24) is 0 Å². The number of sulfonamides is 1. The van der Waals surface area contributed by atoms with Gasteiger partial charge in [0.2, 0.25) is 5.91 Å². The number of carbonyl (C=O) groups is 2. The molecule has 0 saturated heterocycles. The van der Waals surface area contributed by atoms with Crippen LogP contribution in [0, 0.1) is 6.92 Å². The minimum absolute atomic E-state index is 0.0233. The zero-order chi connectivity index (χ0) is 20.6. The van der Waals surface area contributed by atoms with Crippen molar-refractivity contribution in [3.8, 4) is 0 Å². The van der Waals surface area contributed by atoms with Gasteiger partial charge in [0.05, 0.1) is 16.1 Å². The van der Waals surface area contributed by atoms with Gasteiger partial charge in [0.25, 0.3) is 10.0 Å². The Hall–Kier alpha value is -2.93. The number of ketones is 1. The number of anilines is 1. The Kier molecular flexibility index (Phi) is 5.12. The van der Waals surface area contributed by atoms with Gasteiger partial charge in [-0.2, -0.15) is 0 Å². The predicted octanol–water partition coefficient (Wildman–Crippen LogP) is 4.25. The van der Waals surface area contributed by atoms with E-state index in [0.29, 0.717) is 22.3 Å². The van der Waals surface area contributed by atoms with E-state index >= 15 is 0 Å². The summed E-state index contributed by atoms with van der Waals surface area (Å²) in [6.07, 6.45) is 0.779. The smallest absolute Gasteiger partial charge is 0.270 e. The highest BCUT2D eigenvalue weighted by Gasteiger charge is 2.29. The van der Waals surface area contributed by atoms with E-state index in [1.165, 1.54) is 38.1 Å². The van der Waals surface area contributed by atoms with Gasteiger partial charge < -0.3 is 4.42 Å². The highest BCUT2D eigenvalue weighted by molar-refractivity contribution is 7.93. The fourth-order valence-corrected chi connectivity index (χ4v) is 4.68. The standard InChI is InChI=1S/C21H21NO5S/c1-5-16-6-9-18(10-7-16)28(25,26)22(15(4)24)17-8-11-20-19(12-17)21(13(2)23)14(3)27-20/h6-12H,5H2,1-4H3. The molecule has 1 amide bonds. The summed E-state index contributed by atoms with van der Waals surface area (Å²) < 4.78 is 32.6. The van der Waals surface area contributed by atoms with Crippen molar-refractivity contribution in [2.75, 3.05) is 4.31 Å². The Bertz CT molecular complexity index is 1170. The quantitative estimate of drug-likeness (QED) is 0.599. The van der Waals surface area contributed by atoms with E-state index in [-0.39, 0.29) is 16.4 Å². The fourth-order valence-electron chi connectivity index (χ4n) is 3.26. The number of hydrogen-bond acceptors (Lipinski definition) is 5. The summed E-state index contributed by atoms with van der Waals surface area (Å²) in [6.45, 7) is 6.25. The molecule has 0 aliphatic rings. The first-order valence-electron chi connectivity index (χ1n) is 8.85. The largest absolute Gasteiger partial charge is 0.461 e. The molecule has 2 aromatic carbocycles. The number of Topliss-reactive ketones (excluding diaryl/α,β-unsaturated/α-hetero) is 1. The van der Waals surface area contributed by atoms with Gasteiger partial charge in [0.15, 0.2) is 5.78 Å². The molecule has 0 unspecified atom stereocenters. The molecule has 28 heavy (non-hydrogen) atoms. The van der Waals surface area contributed by atoms with E-state index in [9.17, 15) is 18.0 Å². The number of amides is 1. The molecule has 0 atom stereocenters. The lowest BCUT2D eigenvalue weighted by atomic mass is 10.1. The molecule has 0 radical (unpaired) electrons. The molecule has 3 rings (SSSR count). The zero-order valence-corrected chi connectivity index (χ0v) is 17.0. The first-order chi connectivity index (χ1) is 13.2. The van der Waals surface area contributed by atoms with Crippen LogP contribution in [-0.4, -0.2) is 20.1 Å². The van der Waals surface area contributed by atoms with Crippen molar-refractivity contribution in [3.63, 3.8) is 0 Å². The van der Waals surface area contributed by atoms with E-state index in [1.54, 1.807) is 25.1 Å². The minimum Gasteiger partial charge on any atom is -0.461 e. The molecule has 0 saturated carbocycles. The summed E-state index contributed by atoms with van der Waals surface area (Å²) in [6, 6.07) is 11.0. The summed E-state index contributed by atoms with van der Waals surface area (Å²) in [5.41, 5.74) is 1.99. The maximum Gasteiger partial charge on any atom is 0.270 e. The second-order valence-corrected chi connectivity index (χ2v) is 8.34. The van der Waals surface area contributed by atoms with E-state index in [4.69, 9.17) is 4.42 Å². The minimum atomic E-state index is -4.11. The number of benzene rings is 2. The van der Waals surface area contributed by atoms with Crippen LogP contribution in [0.25, 0.3) is 11.0 Å². The Morgan fingerprint density at radius 1 is 1.04 bits per heavy atom. The van der Waals surface area contributed by atoms with Crippen LogP contribution in [-0.2, 0) is 21.2 Å². The van der Waals surface area contributed by atoms with Crippen LogP contribution in [0.2, 0.25) is 0 Å². The van der Waals surface area contributed by atoms with Crippen molar-refractivity contribution < 1.29 is 22.4 Å². The normalized spacial score (nSPS) is 11.6. The summed E-state index contributed by atoms with van der Waals surface area (Å²) in [4.78, 5) is 24.3. The first-order valence-corrected chi connectivity index (χ1v) is 10.3. The molecule has 0 bridgehead atoms. The lowest BCUT2D eigenvalue weighted by Crippen LogP contribution is -2.35. The highest BCUT2D eigenvalue weighted by Crippen LogP contribution is 2.32. The Labute approximate surface area is 163 Å². The molecular weight excluding hydrogens is 378 g/mol. The molecule has 0 aliphatic carbocycles. The Morgan fingerprint density at radius 2 is 1.68 bits per heavy atom. The summed E-state index contributed by atoms with van der Waals surface area (Å²) >= 11 is 0. The average Bonchev–Trinajstić information content (AvgIpc) is 2.96. The molecular formula is C21H21NO5S. The number of fused-ring (bicyclic) bond motifs is 1. The molecule has 146 valence electrons. The number of aryl methyl sites for hydroxylation is 2. The van der Waals surface area contributed by atoms with Gasteiger partial charge >= 0.3 is 0 Å². The van der Waals surface area contributed by atoms with Gasteiger partial charge in [-0.1, -0.05) is 19.1 Å². The van der Waals surface area contributed by atoms with Crippen molar-refractivity contribution in [1.29, 1.82) is 0 Å². The van der Waals surface area contributed by atoms with Gasteiger partial charge in [-0.25, -0.2) is 12.7 Å². The molecule has 0 aliphatic heterocycles. The predicted molar refractivity (Wildman–Crippen MR) is 107 cm³/mol. The molecule has 6 nitrogen and oxygen atoms in total. The lowest BCUT2D eigenvalue weighted by molar-refractivity contribution is -0.115. The highest BCUT2D eigenvalue weighted by atomic mass is 32.2. The summed E-state index contributed by atoms with van der Waals surface area (Å²) in [7, 11) is -4.11. The van der Waals surface area contributed by atoms with E-state index < -0.39 is 15.9 Å². The molecule has 0 spiro atoms. The van der Waals surface area contributed by atoms with E-state index in [0.717, 1.165) is 16.3 Å². The maximum absolute atomic E-state index is 13.1. The second-order valence-electron chi connectivity index (χ2n) is 6.56. The van der Waals surface area contributed by atoms with E-state index in [1.807, 2.05) is 6.92 Å². The van der Waals surface area contributed by atoms with Gasteiger partial charge in [0.1, 0.15) is 11.3 Å². The number of rotatable bonds is 5. The third-order valence-corrected chi connectivity index (χ3v) is 6.41. The SMILES string of the molecule is CCc1ccc(S(=O)(=O)N(C(C)=O)c2ccc3oc(C)c(C(C)=O)c3c2)cc1. The molecule has 1 aromatic heterocycles. The zero-order valence-electron chi connectivity index (χ0n) is 16.1. The third-order valence-electron chi connectivity index (χ3n) is 4.59. The summed E-state index contributed by atoms with van der Waals surface area (Å²) in [5.74, 6) is -0.392. The monoisotopic (exact) mass is 399 g/mol. The van der Waals surface area contributed by atoms with Crippen LogP contribution in [0.1, 0.15) is 42.5 Å². The van der Waals surface area contributed by atoms with Crippen molar-refractivity contribution >= 4 is 38.4 Å². The van der Waals surface area contributed by atoms with Crippen LogP contribution in [0.15, 0.2) is 51.8 Å². The lowest BCUT2D eigenvalue weighted by Gasteiger charge is -2.21. The van der Waals surface area contributed by atoms with Crippen LogP contribution in [0.5, 0.6) is 0 Å². The van der Waals surface area contributed by atoms with Crippen LogP contribution in [0.4, 0.5) is 5.69 Å². The Balaban J connectivity index is 2.17. The van der Waals surface area contributed by atoms with Crippen LogP contribution < -0.4 is 4.31 Å². The van der Waals surface area contributed by atoms with Crippen molar-refractivity contribution in [2.24, 2.45) is 0 Å². The van der Waals surface area contributed by atoms with Gasteiger partial charge in [0, 0.05) is 12.3 Å². The number of nitrogens with zero attached hydrogens (tertiary/aromatic N) is 1. The van der Waals surface area contributed by atoms with Gasteiger partial charge in [-0.15, -0.1) is 0 Å². The van der Waals surface area contributed by atoms with E-state index in [2.05, 4.69) is 0 Å². The number of hydrogen-bond donors (Lipinski definition) is 0. The Morgan fingerprint density at radius 3 is 2.21 bits per heavy atom. The van der Waals surface area contributed by atoms with Crippen LogP contribution in [0.3, 0.4) is 0 Å². The molecule has 1 heterocycles. The molecule has 3 aromatic rings. The summed E-state index contributed by atoms with van der Waals surface area (Å²) in [5, 5.41) is 0.477. The molecule has 7 heteroatoms. The maximum atomic E-state index is 13.1. The van der Waals surface area contributed by atoms with Crippen molar-refractivity contribution in [3.05, 3.63) is 59.4 Å². The van der Waals surface area contributed by atoms with Crippen molar-refractivity contribution in [2.45, 2.75) is 39.0 Å². The topological polar surface area (TPSA) is 84.7 Å². The molecule has 0 N–H and O–H groups in total. The third kappa shape index (κ3) is 3.33. The van der Waals surface area contributed by atoms with Gasteiger partial charge in [-0.3, -0.25) is 9.59 Å². The second kappa shape index (κ2) is 7.24. The van der Waals surface area contributed by atoms with Gasteiger partial charge in [-0.05, 0) is 56.2 Å². The first kappa shape index (κ1) is 19.8. The van der Waals surface area contributed by atoms with Crippen LogP contribution >= 0.6 is 0 Å². The average molecular weight is 399 g/mol. The number of carbonyl (C=O) groups excluding carboxylic acids is 2. The number of furan rings is 1. The molecule has 0 fully saturated rings.